The van der Waals surface area contributed by atoms with E-state index in [-0.39, 0.29) is 0 Å². The SMILES string of the molecule is CC1CC=Cc2c1n(-c1nc(-c3ccc(-c4nc(-c5ccccc5)nc(-c5ccccc5)n4)cc3)c3sc4ccccc4c3n1)c1ccccc21. The van der Waals surface area contributed by atoms with Crippen LogP contribution in [0.3, 0.4) is 0 Å². The van der Waals surface area contributed by atoms with E-state index in [9.17, 15) is 0 Å². The van der Waals surface area contributed by atoms with Crippen molar-refractivity contribution in [2.75, 3.05) is 0 Å². The molecule has 0 spiro atoms. The van der Waals surface area contributed by atoms with Crippen LogP contribution in [0.1, 0.15) is 30.5 Å². The van der Waals surface area contributed by atoms with E-state index in [1.165, 1.54) is 21.3 Å². The molecule has 1 aliphatic carbocycles. The van der Waals surface area contributed by atoms with Crippen LogP contribution in [0.4, 0.5) is 0 Å². The molecule has 0 aliphatic heterocycles. The zero-order valence-electron chi connectivity index (χ0n) is 27.7. The predicted octanol–water partition coefficient (Wildman–Crippen LogP) is 11.2. The Morgan fingerprint density at radius 3 is 1.82 bits per heavy atom. The zero-order chi connectivity index (χ0) is 33.9. The lowest BCUT2D eigenvalue weighted by atomic mass is 9.93. The first kappa shape index (κ1) is 29.6. The number of nitrogens with zero attached hydrogens (tertiary/aromatic N) is 6. The lowest BCUT2D eigenvalue weighted by Gasteiger charge is -2.19. The summed E-state index contributed by atoms with van der Waals surface area (Å²) in [6, 6.07) is 45.7. The maximum atomic E-state index is 5.41. The molecule has 4 heterocycles. The Bertz CT molecular complexity index is 2720. The number of benzene rings is 5. The lowest BCUT2D eigenvalue weighted by molar-refractivity contribution is 0.713. The summed E-state index contributed by atoms with van der Waals surface area (Å²) in [5, 5.41) is 2.37. The van der Waals surface area contributed by atoms with Gasteiger partial charge in [0.15, 0.2) is 17.5 Å². The van der Waals surface area contributed by atoms with E-state index in [0.29, 0.717) is 29.3 Å². The Balaban J connectivity index is 1.16. The smallest absolute Gasteiger partial charge is 0.235 e. The minimum Gasteiger partial charge on any atom is -0.281 e. The summed E-state index contributed by atoms with van der Waals surface area (Å²) in [5.41, 5.74) is 9.34. The summed E-state index contributed by atoms with van der Waals surface area (Å²) in [7, 11) is 0. The maximum Gasteiger partial charge on any atom is 0.235 e. The number of thiophene rings is 1. The van der Waals surface area contributed by atoms with Crippen LogP contribution >= 0.6 is 11.3 Å². The second-order valence-electron chi connectivity index (χ2n) is 13.0. The van der Waals surface area contributed by atoms with Gasteiger partial charge in [0.2, 0.25) is 5.95 Å². The highest BCUT2D eigenvalue weighted by atomic mass is 32.1. The van der Waals surface area contributed by atoms with Gasteiger partial charge >= 0.3 is 0 Å². The van der Waals surface area contributed by atoms with Gasteiger partial charge < -0.3 is 0 Å². The van der Waals surface area contributed by atoms with Gasteiger partial charge in [0.1, 0.15) is 0 Å². The molecule has 0 amide bonds. The average molecular weight is 675 g/mol. The van der Waals surface area contributed by atoms with Gasteiger partial charge in [-0.2, -0.15) is 0 Å². The zero-order valence-corrected chi connectivity index (χ0v) is 28.5. The third kappa shape index (κ3) is 4.96. The third-order valence-corrected chi connectivity index (χ3v) is 10.9. The second-order valence-corrected chi connectivity index (χ2v) is 14.0. The molecule has 9 aromatic rings. The molecule has 10 rings (SSSR count). The summed E-state index contributed by atoms with van der Waals surface area (Å²) in [4.78, 5) is 25.5. The number of hydrogen-bond acceptors (Lipinski definition) is 6. The number of aromatic nitrogens is 6. The van der Waals surface area contributed by atoms with Gasteiger partial charge in [0.25, 0.3) is 0 Å². The highest BCUT2D eigenvalue weighted by molar-refractivity contribution is 7.26. The molecule has 0 radical (unpaired) electrons. The average Bonchev–Trinajstić information content (AvgIpc) is 3.75. The fourth-order valence-electron chi connectivity index (χ4n) is 7.25. The normalized spacial score (nSPS) is 14.0. The lowest BCUT2D eigenvalue weighted by Crippen LogP contribution is -2.10. The van der Waals surface area contributed by atoms with Crippen molar-refractivity contribution in [2.45, 2.75) is 19.3 Å². The number of hydrogen-bond donors (Lipinski definition) is 0. The Morgan fingerprint density at radius 2 is 1.14 bits per heavy atom. The van der Waals surface area contributed by atoms with Crippen molar-refractivity contribution in [3.05, 3.63) is 151 Å². The number of fused-ring (bicyclic) bond motifs is 6. The Kier molecular flexibility index (Phi) is 6.92. The summed E-state index contributed by atoms with van der Waals surface area (Å²) in [5.74, 6) is 2.93. The Labute approximate surface area is 298 Å². The maximum absolute atomic E-state index is 5.41. The van der Waals surface area contributed by atoms with Gasteiger partial charge in [-0.1, -0.05) is 140 Å². The van der Waals surface area contributed by atoms with Crippen molar-refractivity contribution in [1.29, 1.82) is 0 Å². The molecule has 7 heteroatoms. The van der Waals surface area contributed by atoms with Crippen molar-refractivity contribution >= 4 is 48.6 Å². The molecule has 0 N–H and O–H groups in total. The molecular weight excluding hydrogens is 645 g/mol. The van der Waals surface area contributed by atoms with Crippen molar-refractivity contribution < 1.29 is 0 Å². The number of para-hydroxylation sites is 1. The van der Waals surface area contributed by atoms with E-state index < -0.39 is 0 Å². The molecule has 5 aromatic carbocycles. The molecule has 1 unspecified atom stereocenters. The number of allylic oxidation sites excluding steroid dienone is 1. The topological polar surface area (TPSA) is 69.4 Å². The van der Waals surface area contributed by atoms with Crippen molar-refractivity contribution in [3.8, 4) is 51.4 Å². The van der Waals surface area contributed by atoms with Crippen LogP contribution in [-0.4, -0.2) is 29.5 Å². The molecular formula is C44H30N6S. The minimum absolute atomic E-state index is 0.334. The first-order chi connectivity index (χ1) is 25.2. The third-order valence-electron chi connectivity index (χ3n) is 9.72. The minimum atomic E-state index is 0.334. The molecule has 4 aromatic heterocycles. The van der Waals surface area contributed by atoms with Crippen molar-refractivity contribution in [1.82, 2.24) is 29.5 Å². The Hall–Kier alpha value is -6.31. The first-order valence-electron chi connectivity index (χ1n) is 17.2. The van der Waals surface area contributed by atoms with E-state index >= 15 is 0 Å². The second kappa shape index (κ2) is 11.9. The molecule has 0 saturated carbocycles. The van der Waals surface area contributed by atoms with Gasteiger partial charge in [0, 0.05) is 54.9 Å². The van der Waals surface area contributed by atoms with Crippen LogP contribution < -0.4 is 0 Å². The molecule has 0 bridgehead atoms. The standard InChI is InChI=1S/C44H30N6S/c1-27-13-12-20-33-32-18-8-10-21-35(32)50(39(27)33)44-45-37(40-38(46-44)34-19-9-11-22-36(34)51-40)28-23-25-31(26-24-28)43-48-41(29-14-4-2-5-15-29)47-42(49-43)30-16-6-3-7-17-30/h2-12,14-27H,13H2,1H3. The van der Waals surface area contributed by atoms with E-state index in [4.69, 9.17) is 24.9 Å². The monoisotopic (exact) mass is 674 g/mol. The van der Waals surface area contributed by atoms with Crippen LogP contribution in [0, 0.1) is 0 Å². The van der Waals surface area contributed by atoms with Crippen LogP contribution in [0.15, 0.2) is 140 Å². The van der Waals surface area contributed by atoms with E-state index in [0.717, 1.165) is 55.5 Å². The van der Waals surface area contributed by atoms with Crippen LogP contribution in [0.25, 0.3) is 88.7 Å². The van der Waals surface area contributed by atoms with Crippen LogP contribution in [0.2, 0.25) is 0 Å². The number of rotatable bonds is 5. The Morgan fingerprint density at radius 1 is 0.569 bits per heavy atom. The molecule has 1 atom stereocenters. The van der Waals surface area contributed by atoms with Crippen LogP contribution in [0.5, 0.6) is 0 Å². The molecule has 51 heavy (non-hydrogen) atoms. The summed E-state index contributed by atoms with van der Waals surface area (Å²) < 4.78 is 4.56. The summed E-state index contributed by atoms with van der Waals surface area (Å²) in [6.07, 6.45) is 5.53. The summed E-state index contributed by atoms with van der Waals surface area (Å²) in [6.45, 7) is 2.30. The fourth-order valence-corrected chi connectivity index (χ4v) is 8.41. The van der Waals surface area contributed by atoms with Crippen molar-refractivity contribution in [3.63, 3.8) is 0 Å². The van der Waals surface area contributed by atoms with E-state index in [1.807, 2.05) is 60.7 Å². The molecule has 242 valence electrons. The largest absolute Gasteiger partial charge is 0.281 e. The quantitative estimate of drug-likeness (QED) is 0.182. The summed E-state index contributed by atoms with van der Waals surface area (Å²) >= 11 is 1.74. The van der Waals surface area contributed by atoms with E-state index in [1.54, 1.807) is 11.3 Å². The molecule has 1 aliphatic rings. The van der Waals surface area contributed by atoms with Gasteiger partial charge in [0.05, 0.1) is 21.4 Å². The van der Waals surface area contributed by atoms with Gasteiger partial charge in [-0.05, 0) is 18.6 Å². The fraction of sp³-hybridized carbons (Fsp3) is 0.0682. The van der Waals surface area contributed by atoms with Crippen LogP contribution in [-0.2, 0) is 0 Å². The molecule has 0 saturated heterocycles. The predicted molar refractivity (Wildman–Crippen MR) is 209 cm³/mol. The molecule has 6 nitrogen and oxygen atoms in total. The highest BCUT2D eigenvalue weighted by Crippen LogP contribution is 2.42. The van der Waals surface area contributed by atoms with E-state index in [2.05, 4.69) is 96.4 Å². The van der Waals surface area contributed by atoms with Gasteiger partial charge in [-0.3, -0.25) is 4.57 Å². The first-order valence-corrected chi connectivity index (χ1v) is 18.0. The van der Waals surface area contributed by atoms with Gasteiger partial charge in [-0.15, -0.1) is 11.3 Å². The molecule has 0 fully saturated rings. The highest BCUT2D eigenvalue weighted by Gasteiger charge is 2.26. The van der Waals surface area contributed by atoms with Gasteiger partial charge in [-0.25, -0.2) is 24.9 Å². The van der Waals surface area contributed by atoms with Crippen molar-refractivity contribution in [2.24, 2.45) is 0 Å².